The van der Waals surface area contributed by atoms with E-state index in [-0.39, 0.29) is 12.1 Å². The Kier molecular flexibility index (Phi) is 3.26. The van der Waals surface area contributed by atoms with Gasteiger partial charge in [0.05, 0.1) is 6.10 Å². The number of carbonyl (C=O) groups is 1. The van der Waals surface area contributed by atoms with Crippen molar-refractivity contribution in [2.75, 3.05) is 6.61 Å². The Morgan fingerprint density at radius 3 is 3.00 bits per heavy atom. The molecule has 0 aromatic rings. The molecule has 0 aromatic carbocycles. The summed E-state index contributed by atoms with van der Waals surface area (Å²) in [5.41, 5.74) is 5.71. The molecule has 1 heterocycles. The van der Waals surface area contributed by atoms with E-state index in [0.717, 1.165) is 25.7 Å². The van der Waals surface area contributed by atoms with Gasteiger partial charge in [0.1, 0.15) is 6.29 Å². The van der Waals surface area contributed by atoms with Crippen LogP contribution in [0.1, 0.15) is 12.8 Å². The van der Waals surface area contributed by atoms with Crippen LogP contribution < -0.4 is 5.73 Å². The molecule has 2 atom stereocenters. The number of nitrogens with two attached hydrogens (primary N) is 1. The van der Waals surface area contributed by atoms with E-state index in [0.29, 0.717) is 0 Å². The highest BCUT2D eigenvalue weighted by atomic mass is 16.5. The van der Waals surface area contributed by atoms with Gasteiger partial charge in [-0.2, -0.15) is 0 Å². The Balaban J connectivity index is 2.25. The predicted molar refractivity (Wildman–Crippen MR) is 42.2 cm³/mol. The SMILES string of the molecule is NC1CCOC1CC=CC=O. The molecule has 0 aromatic heterocycles. The highest BCUT2D eigenvalue weighted by Crippen LogP contribution is 2.14. The van der Waals surface area contributed by atoms with Crippen LogP contribution in [-0.4, -0.2) is 25.0 Å². The highest BCUT2D eigenvalue weighted by molar-refractivity contribution is 5.64. The van der Waals surface area contributed by atoms with Gasteiger partial charge in [-0.15, -0.1) is 0 Å². The predicted octanol–water partition coefficient (Wildman–Crippen LogP) is 0.248. The molecule has 2 N–H and O–H groups in total. The zero-order chi connectivity index (χ0) is 8.10. The molecule has 2 unspecified atom stereocenters. The fraction of sp³-hybridized carbons (Fsp3) is 0.625. The summed E-state index contributed by atoms with van der Waals surface area (Å²) in [4.78, 5) is 9.90. The van der Waals surface area contributed by atoms with Crippen LogP contribution >= 0.6 is 0 Å². The molecule has 1 aliphatic heterocycles. The normalized spacial score (nSPS) is 31.4. The fourth-order valence-corrected chi connectivity index (χ4v) is 1.18. The summed E-state index contributed by atoms with van der Waals surface area (Å²) in [6.45, 7) is 0.751. The first-order valence-corrected chi connectivity index (χ1v) is 3.82. The minimum atomic E-state index is 0.117. The van der Waals surface area contributed by atoms with E-state index in [1.54, 1.807) is 6.08 Å². The van der Waals surface area contributed by atoms with Gasteiger partial charge in [-0.05, 0) is 18.9 Å². The number of aldehydes is 1. The molecule has 0 bridgehead atoms. The van der Waals surface area contributed by atoms with Crippen molar-refractivity contribution in [2.24, 2.45) is 5.73 Å². The van der Waals surface area contributed by atoms with E-state index in [1.165, 1.54) is 6.08 Å². The van der Waals surface area contributed by atoms with Crippen molar-refractivity contribution in [1.82, 2.24) is 0 Å². The number of hydrogen-bond acceptors (Lipinski definition) is 3. The maximum absolute atomic E-state index is 9.90. The minimum absolute atomic E-state index is 0.117. The molecule has 62 valence electrons. The second-order valence-electron chi connectivity index (χ2n) is 2.66. The van der Waals surface area contributed by atoms with Gasteiger partial charge in [-0.1, -0.05) is 6.08 Å². The molecular formula is C8H13NO2. The Morgan fingerprint density at radius 1 is 1.64 bits per heavy atom. The quantitative estimate of drug-likeness (QED) is 0.469. The molecule has 0 aliphatic carbocycles. The zero-order valence-corrected chi connectivity index (χ0v) is 6.40. The van der Waals surface area contributed by atoms with Gasteiger partial charge in [0.25, 0.3) is 0 Å². The van der Waals surface area contributed by atoms with Gasteiger partial charge in [0.15, 0.2) is 0 Å². The fourth-order valence-electron chi connectivity index (χ4n) is 1.18. The van der Waals surface area contributed by atoms with Crippen LogP contribution in [0, 0.1) is 0 Å². The molecule has 3 heteroatoms. The summed E-state index contributed by atoms with van der Waals surface area (Å²) in [6, 6.07) is 0.145. The molecule has 0 radical (unpaired) electrons. The molecule has 11 heavy (non-hydrogen) atoms. The van der Waals surface area contributed by atoms with Gasteiger partial charge < -0.3 is 10.5 Å². The second-order valence-corrected chi connectivity index (χ2v) is 2.66. The Hall–Kier alpha value is -0.670. The van der Waals surface area contributed by atoms with E-state index >= 15 is 0 Å². The van der Waals surface area contributed by atoms with Crippen molar-refractivity contribution in [3.8, 4) is 0 Å². The van der Waals surface area contributed by atoms with Crippen LogP contribution in [0.2, 0.25) is 0 Å². The van der Waals surface area contributed by atoms with Crippen LogP contribution in [0.5, 0.6) is 0 Å². The summed E-state index contributed by atoms with van der Waals surface area (Å²) in [5, 5.41) is 0. The van der Waals surface area contributed by atoms with Crippen molar-refractivity contribution in [2.45, 2.75) is 25.0 Å². The highest BCUT2D eigenvalue weighted by Gasteiger charge is 2.22. The maximum atomic E-state index is 9.90. The van der Waals surface area contributed by atoms with Crippen LogP contribution in [0.3, 0.4) is 0 Å². The lowest BCUT2D eigenvalue weighted by atomic mass is 10.1. The number of ether oxygens (including phenoxy) is 1. The Bertz CT molecular complexity index is 156. The van der Waals surface area contributed by atoms with Crippen molar-refractivity contribution >= 4 is 6.29 Å². The molecule has 1 aliphatic rings. The van der Waals surface area contributed by atoms with Crippen molar-refractivity contribution in [1.29, 1.82) is 0 Å². The first-order chi connectivity index (χ1) is 5.34. The van der Waals surface area contributed by atoms with Gasteiger partial charge in [-0.3, -0.25) is 4.79 Å². The van der Waals surface area contributed by atoms with Gasteiger partial charge >= 0.3 is 0 Å². The minimum Gasteiger partial charge on any atom is -0.376 e. The second kappa shape index (κ2) is 4.26. The van der Waals surface area contributed by atoms with E-state index < -0.39 is 0 Å². The number of hydrogen-bond donors (Lipinski definition) is 1. The lowest BCUT2D eigenvalue weighted by Crippen LogP contribution is -2.29. The maximum Gasteiger partial charge on any atom is 0.142 e. The van der Waals surface area contributed by atoms with Crippen LogP contribution in [0.25, 0.3) is 0 Å². The molecular weight excluding hydrogens is 142 g/mol. The van der Waals surface area contributed by atoms with Crippen molar-refractivity contribution in [3.05, 3.63) is 12.2 Å². The third-order valence-corrected chi connectivity index (χ3v) is 1.84. The summed E-state index contributed by atoms with van der Waals surface area (Å²) in [5.74, 6) is 0. The first kappa shape index (κ1) is 8.43. The summed E-state index contributed by atoms with van der Waals surface area (Å²) < 4.78 is 5.32. The van der Waals surface area contributed by atoms with E-state index in [1.807, 2.05) is 0 Å². The molecule has 3 nitrogen and oxygen atoms in total. The summed E-state index contributed by atoms with van der Waals surface area (Å²) in [7, 11) is 0. The van der Waals surface area contributed by atoms with Gasteiger partial charge in [0.2, 0.25) is 0 Å². The molecule has 0 spiro atoms. The number of allylic oxidation sites excluding steroid dienone is 1. The topological polar surface area (TPSA) is 52.3 Å². The lowest BCUT2D eigenvalue weighted by molar-refractivity contribution is -0.104. The Labute approximate surface area is 66.2 Å². The smallest absolute Gasteiger partial charge is 0.142 e. The largest absolute Gasteiger partial charge is 0.376 e. The molecule has 0 saturated carbocycles. The summed E-state index contributed by atoms with van der Waals surface area (Å²) >= 11 is 0. The molecule has 0 amide bonds. The zero-order valence-electron chi connectivity index (χ0n) is 6.40. The molecule has 1 fully saturated rings. The van der Waals surface area contributed by atoms with Gasteiger partial charge in [-0.25, -0.2) is 0 Å². The van der Waals surface area contributed by atoms with Crippen LogP contribution in [0.15, 0.2) is 12.2 Å². The third-order valence-electron chi connectivity index (χ3n) is 1.84. The average molecular weight is 155 g/mol. The number of carbonyl (C=O) groups excluding carboxylic acids is 1. The van der Waals surface area contributed by atoms with Crippen LogP contribution in [0.4, 0.5) is 0 Å². The Morgan fingerprint density at radius 2 is 2.45 bits per heavy atom. The number of rotatable bonds is 3. The standard InChI is InChI=1S/C8H13NO2/c9-7-4-6-11-8(7)3-1-2-5-10/h1-2,5,7-8H,3-4,6,9H2. The van der Waals surface area contributed by atoms with E-state index in [2.05, 4.69) is 0 Å². The average Bonchev–Trinajstić information content (AvgIpc) is 2.37. The third kappa shape index (κ3) is 2.44. The lowest BCUT2D eigenvalue weighted by Gasteiger charge is -2.10. The van der Waals surface area contributed by atoms with E-state index in [9.17, 15) is 4.79 Å². The first-order valence-electron chi connectivity index (χ1n) is 3.82. The van der Waals surface area contributed by atoms with Crippen molar-refractivity contribution in [3.63, 3.8) is 0 Å². The van der Waals surface area contributed by atoms with Crippen LogP contribution in [-0.2, 0) is 9.53 Å². The van der Waals surface area contributed by atoms with E-state index in [4.69, 9.17) is 10.5 Å². The molecule has 1 rings (SSSR count). The monoisotopic (exact) mass is 155 g/mol. The molecule has 1 saturated heterocycles. The van der Waals surface area contributed by atoms with Crippen molar-refractivity contribution < 1.29 is 9.53 Å². The van der Waals surface area contributed by atoms with Gasteiger partial charge in [0, 0.05) is 12.6 Å². The summed E-state index contributed by atoms with van der Waals surface area (Å²) in [6.07, 6.45) is 5.84.